The zero-order chi connectivity index (χ0) is 24.1. The molecule has 2 saturated heterocycles. The second-order valence-electron chi connectivity index (χ2n) is 9.24. The molecule has 0 aliphatic carbocycles. The number of imidazole rings is 1. The molecule has 0 spiro atoms. The molecule has 2 aliphatic heterocycles. The van der Waals surface area contributed by atoms with Gasteiger partial charge in [0.25, 0.3) is 0 Å². The van der Waals surface area contributed by atoms with Crippen LogP contribution in [0, 0.1) is 11.8 Å². The van der Waals surface area contributed by atoms with E-state index in [0.717, 1.165) is 61.6 Å². The summed E-state index contributed by atoms with van der Waals surface area (Å²) in [5.41, 5.74) is 1.63. The molecule has 0 saturated carbocycles. The van der Waals surface area contributed by atoms with Gasteiger partial charge in [-0.25, -0.2) is 9.97 Å². The Morgan fingerprint density at radius 2 is 2.09 bits per heavy atom. The summed E-state index contributed by atoms with van der Waals surface area (Å²) >= 11 is 0. The average Bonchev–Trinajstić information content (AvgIpc) is 3.54. The van der Waals surface area contributed by atoms with E-state index in [1.54, 1.807) is 12.5 Å². The van der Waals surface area contributed by atoms with Crippen molar-refractivity contribution in [3.8, 4) is 23.3 Å². The maximum atomic E-state index is 10.6. The van der Waals surface area contributed by atoms with Gasteiger partial charge in [-0.3, -0.25) is 0 Å². The molecule has 184 valence electrons. The Bertz CT molecular complexity index is 1160. The number of hydrogen-bond acceptors (Lipinski definition) is 7. The summed E-state index contributed by atoms with van der Waals surface area (Å²) < 4.78 is 19.6. The number of aliphatic hydroxyl groups is 1. The van der Waals surface area contributed by atoms with Crippen molar-refractivity contribution in [2.45, 2.75) is 63.6 Å². The molecule has 2 aliphatic rings. The van der Waals surface area contributed by atoms with Crippen LogP contribution in [-0.4, -0.2) is 51.2 Å². The molecule has 1 unspecified atom stereocenters. The lowest BCUT2D eigenvalue weighted by atomic mass is 9.93. The molecule has 5 rings (SSSR count). The van der Waals surface area contributed by atoms with E-state index in [-0.39, 0.29) is 12.4 Å². The molecule has 0 radical (unpaired) electrons. The van der Waals surface area contributed by atoms with E-state index in [0.29, 0.717) is 25.3 Å². The van der Waals surface area contributed by atoms with Crippen LogP contribution in [0.25, 0.3) is 11.5 Å². The number of benzene rings is 1. The summed E-state index contributed by atoms with van der Waals surface area (Å²) in [6, 6.07) is 7.73. The Balaban J connectivity index is 1.22. The van der Waals surface area contributed by atoms with Gasteiger partial charge in [0.1, 0.15) is 23.8 Å². The fourth-order valence-electron chi connectivity index (χ4n) is 4.46. The van der Waals surface area contributed by atoms with Crippen LogP contribution < -0.4 is 5.32 Å². The van der Waals surface area contributed by atoms with E-state index in [9.17, 15) is 5.11 Å². The van der Waals surface area contributed by atoms with Gasteiger partial charge in [0.15, 0.2) is 6.29 Å². The molecular weight excluding hydrogens is 444 g/mol. The minimum atomic E-state index is -0.903. The van der Waals surface area contributed by atoms with Crippen LogP contribution in [0.5, 0.6) is 0 Å². The first-order valence-corrected chi connectivity index (χ1v) is 12.4. The van der Waals surface area contributed by atoms with Crippen molar-refractivity contribution in [1.29, 1.82) is 0 Å². The van der Waals surface area contributed by atoms with Crippen LogP contribution in [0.4, 0.5) is 0 Å². The van der Waals surface area contributed by atoms with Gasteiger partial charge in [-0.15, -0.1) is 0 Å². The van der Waals surface area contributed by atoms with E-state index in [2.05, 4.69) is 27.1 Å². The number of oxazole rings is 1. The molecule has 35 heavy (non-hydrogen) atoms. The fourth-order valence-corrected chi connectivity index (χ4v) is 4.46. The monoisotopic (exact) mass is 476 g/mol. The summed E-state index contributed by atoms with van der Waals surface area (Å²) in [4.78, 5) is 9.17. The van der Waals surface area contributed by atoms with Gasteiger partial charge in [0.2, 0.25) is 5.89 Å². The standard InChI is InChI=1S/C27H32N4O4/c1-20(35-24-4-2-3-17-33-24)25-29-15-16-31(25)18-23-19-34-26(30-23)22-7-5-21(6-8-22)9-10-27(32)11-13-28-14-12-27/h5-8,15-16,19-20,24,28,32H,2-4,11-14,17-18H2,1H3/t20-,24?/m0/s1. The highest BCUT2D eigenvalue weighted by atomic mass is 16.7. The van der Waals surface area contributed by atoms with Crippen molar-refractivity contribution in [2.75, 3.05) is 19.7 Å². The Labute approximate surface area is 205 Å². The molecule has 2 fully saturated rings. The van der Waals surface area contributed by atoms with Crippen LogP contribution in [0.15, 0.2) is 47.3 Å². The second-order valence-corrected chi connectivity index (χ2v) is 9.24. The SMILES string of the molecule is C[C@H](OC1CCCCO1)c1nccn1Cc1coc(-c2ccc(C#CC3(O)CCNCC3)cc2)n1. The smallest absolute Gasteiger partial charge is 0.226 e. The van der Waals surface area contributed by atoms with Gasteiger partial charge in [-0.2, -0.15) is 0 Å². The Kier molecular flexibility index (Phi) is 7.30. The molecule has 4 heterocycles. The Hall–Kier alpha value is -2.96. The third-order valence-electron chi connectivity index (χ3n) is 6.49. The lowest BCUT2D eigenvalue weighted by Gasteiger charge is -2.27. The van der Waals surface area contributed by atoms with Crippen molar-refractivity contribution >= 4 is 0 Å². The summed E-state index contributed by atoms with van der Waals surface area (Å²) in [6.07, 6.45) is 9.46. The number of ether oxygens (including phenoxy) is 2. The molecule has 8 nitrogen and oxygen atoms in total. The second kappa shape index (κ2) is 10.8. The van der Waals surface area contributed by atoms with E-state index >= 15 is 0 Å². The normalized spacial score (nSPS) is 20.7. The van der Waals surface area contributed by atoms with Crippen LogP contribution in [0.1, 0.15) is 62.2 Å². The molecule has 3 aromatic rings. The summed E-state index contributed by atoms with van der Waals surface area (Å²) in [6.45, 7) is 4.87. The van der Waals surface area contributed by atoms with E-state index in [1.807, 2.05) is 42.0 Å². The first-order chi connectivity index (χ1) is 17.1. The van der Waals surface area contributed by atoms with Gasteiger partial charge >= 0.3 is 0 Å². The van der Waals surface area contributed by atoms with Gasteiger partial charge in [0.05, 0.1) is 12.2 Å². The van der Waals surface area contributed by atoms with E-state index in [1.165, 1.54) is 0 Å². The van der Waals surface area contributed by atoms with Crippen LogP contribution >= 0.6 is 0 Å². The fraction of sp³-hybridized carbons (Fsp3) is 0.481. The summed E-state index contributed by atoms with van der Waals surface area (Å²) in [5, 5.41) is 13.8. The van der Waals surface area contributed by atoms with Gasteiger partial charge < -0.3 is 28.9 Å². The average molecular weight is 477 g/mol. The summed E-state index contributed by atoms with van der Waals surface area (Å²) in [5.74, 6) is 7.54. The van der Waals surface area contributed by atoms with E-state index in [4.69, 9.17) is 13.9 Å². The number of rotatable bonds is 6. The minimum Gasteiger partial charge on any atom is -0.444 e. The number of nitrogens with one attached hydrogen (secondary N) is 1. The van der Waals surface area contributed by atoms with Gasteiger partial charge in [-0.05, 0) is 76.4 Å². The highest BCUT2D eigenvalue weighted by Gasteiger charge is 2.26. The third kappa shape index (κ3) is 6.00. The largest absolute Gasteiger partial charge is 0.444 e. The molecule has 1 aromatic carbocycles. The predicted molar refractivity (Wildman–Crippen MR) is 130 cm³/mol. The Morgan fingerprint density at radius 1 is 1.26 bits per heavy atom. The van der Waals surface area contributed by atoms with Crippen LogP contribution in [-0.2, 0) is 16.0 Å². The molecule has 8 heteroatoms. The molecular formula is C27H32N4O4. The zero-order valence-corrected chi connectivity index (χ0v) is 20.1. The maximum absolute atomic E-state index is 10.6. The van der Waals surface area contributed by atoms with Crippen molar-refractivity contribution in [2.24, 2.45) is 0 Å². The highest BCUT2D eigenvalue weighted by Crippen LogP contribution is 2.24. The van der Waals surface area contributed by atoms with Crippen molar-refractivity contribution < 1.29 is 19.0 Å². The predicted octanol–water partition coefficient (Wildman–Crippen LogP) is 3.66. The topological polar surface area (TPSA) is 94.6 Å². The minimum absolute atomic E-state index is 0.169. The number of piperidine rings is 1. The van der Waals surface area contributed by atoms with Crippen LogP contribution in [0.2, 0.25) is 0 Å². The first-order valence-electron chi connectivity index (χ1n) is 12.4. The maximum Gasteiger partial charge on any atom is 0.226 e. The number of hydrogen-bond donors (Lipinski definition) is 2. The number of aromatic nitrogens is 3. The van der Waals surface area contributed by atoms with Gasteiger partial charge in [0, 0.05) is 30.1 Å². The third-order valence-corrected chi connectivity index (χ3v) is 6.49. The lowest BCUT2D eigenvalue weighted by Crippen LogP contribution is -2.40. The zero-order valence-electron chi connectivity index (χ0n) is 20.1. The Morgan fingerprint density at radius 3 is 2.86 bits per heavy atom. The quantitative estimate of drug-likeness (QED) is 0.525. The first kappa shape index (κ1) is 23.8. The molecule has 0 bridgehead atoms. The van der Waals surface area contributed by atoms with Crippen molar-refractivity contribution in [3.05, 3.63) is 60.0 Å². The molecule has 2 aromatic heterocycles. The van der Waals surface area contributed by atoms with Crippen LogP contribution in [0.3, 0.4) is 0 Å². The molecule has 2 atom stereocenters. The van der Waals surface area contributed by atoms with E-state index < -0.39 is 5.60 Å². The molecule has 2 N–H and O–H groups in total. The number of nitrogens with zero attached hydrogens (tertiary/aromatic N) is 3. The van der Waals surface area contributed by atoms with Crippen molar-refractivity contribution in [3.63, 3.8) is 0 Å². The van der Waals surface area contributed by atoms with Gasteiger partial charge in [-0.1, -0.05) is 11.8 Å². The van der Waals surface area contributed by atoms with Crippen molar-refractivity contribution in [1.82, 2.24) is 19.9 Å². The summed E-state index contributed by atoms with van der Waals surface area (Å²) in [7, 11) is 0. The molecule has 0 amide bonds. The lowest BCUT2D eigenvalue weighted by molar-refractivity contribution is -0.188. The highest BCUT2D eigenvalue weighted by molar-refractivity contribution is 5.55.